The lowest BCUT2D eigenvalue weighted by Gasteiger charge is -2.40. The molecule has 0 amide bonds. The van der Waals surface area contributed by atoms with Crippen LogP contribution in [0.3, 0.4) is 0 Å². The van der Waals surface area contributed by atoms with E-state index >= 15 is 0 Å². The Morgan fingerprint density at radius 3 is 2.39 bits per heavy atom. The van der Waals surface area contributed by atoms with Crippen molar-refractivity contribution in [2.75, 3.05) is 36.8 Å². The molecule has 5 nitrogen and oxygen atoms in total. The SMILES string of the molecule is CC1(C)[C@H]2CC[C@@]1(CS(=O)(=O)N1CCN(c3cc(Cl)ccc3Cl)CC1)C(=O)C2. The van der Waals surface area contributed by atoms with Crippen LogP contribution in [-0.2, 0) is 14.8 Å². The molecule has 0 aromatic heterocycles. The van der Waals surface area contributed by atoms with Crippen molar-refractivity contribution in [3.05, 3.63) is 28.2 Å². The highest BCUT2D eigenvalue weighted by atomic mass is 35.5. The minimum atomic E-state index is -3.51. The highest BCUT2D eigenvalue weighted by molar-refractivity contribution is 7.89. The summed E-state index contributed by atoms with van der Waals surface area (Å²) in [7, 11) is -3.51. The number of sulfonamides is 1. The van der Waals surface area contributed by atoms with Crippen LogP contribution >= 0.6 is 23.2 Å². The van der Waals surface area contributed by atoms with Crippen molar-refractivity contribution >= 4 is 44.7 Å². The van der Waals surface area contributed by atoms with E-state index in [-0.39, 0.29) is 17.0 Å². The Balaban J connectivity index is 1.49. The summed E-state index contributed by atoms with van der Waals surface area (Å²) in [6.07, 6.45) is 2.18. The number of nitrogens with zero attached hydrogens (tertiary/aromatic N) is 2. The van der Waals surface area contributed by atoms with Crippen molar-refractivity contribution < 1.29 is 13.2 Å². The van der Waals surface area contributed by atoms with Crippen molar-refractivity contribution in [2.45, 2.75) is 33.1 Å². The molecule has 0 unspecified atom stereocenters. The van der Waals surface area contributed by atoms with Gasteiger partial charge in [-0.3, -0.25) is 4.79 Å². The Labute approximate surface area is 177 Å². The van der Waals surface area contributed by atoms with E-state index in [2.05, 4.69) is 18.7 Å². The van der Waals surface area contributed by atoms with Crippen LogP contribution in [0.25, 0.3) is 0 Å². The van der Waals surface area contributed by atoms with E-state index in [1.54, 1.807) is 16.4 Å². The minimum absolute atomic E-state index is 0.0553. The van der Waals surface area contributed by atoms with E-state index in [0.29, 0.717) is 55.0 Å². The zero-order valence-corrected chi connectivity index (χ0v) is 18.6. The molecule has 2 bridgehead atoms. The Kier molecular flexibility index (Phi) is 5.01. The lowest BCUT2D eigenvalue weighted by Crippen LogP contribution is -2.52. The first-order valence-corrected chi connectivity index (χ1v) is 12.1. The van der Waals surface area contributed by atoms with Gasteiger partial charge in [0.2, 0.25) is 10.0 Å². The number of fused-ring (bicyclic) bond motifs is 2. The lowest BCUT2D eigenvalue weighted by molar-refractivity contribution is -0.128. The zero-order chi connectivity index (χ0) is 20.3. The molecule has 3 aliphatic rings. The first-order chi connectivity index (χ1) is 13.1. The average molecular weight is 445 g/mol. The maximum absolute atomic E-state index is 13.2. The molecule has 2 aliphatic carbocycles. The number of Topliss-reactive ketones (excluding diaryl/α,β-unsaturated/α-hetero) is 1. The standard InChI is InChI=1S/C20H26Cl2N2O3S/c1-19(2)14-5-6-20(19,18(25)11-14)13-28(26,27)24-9-7-23(8-10-24)17-12-15(21)3-4-16(17)22/h3-4,12,14H,5-11,13H2,1-2H3/t14-,20+/m0/s1. The fraction of sp³-hybridized carbons (Fsp3) is 0.650. The summed E-state index contributed by atoms with van der Waals surface area (Å²) in [5, 5.41) is 1.21. The third kappa shape index (κ3) is 3.08. The van der Waals surface area contributed by atoms with Crippen LogP contribution in [-0.4, -0.2) is 50.4 Å². The number of halogens is 2. The Morgan fingerprint density at radius 2 is 1.82 bits per heavy atom. The summed E-state index contributed by atoms with van der Waals surface area (Å²) in [4.78, 5) is 14.8. The van der Waals surface area contributed by atoms with Crippen LogP contribution in [0.2, 0.25) is 10.0 Å². The number of rotatable bonds is 4. The molecule has 1 heterocycles. The minimum Gasteiger partial charge on any atom is -0.368 e. The molecule has 2 atom stereocenters. The van der Waals surface area contributed by atoms with Crippen LogP contribution in [0.5, 0.6) is 0 Å². The Morgan fingerprint density at radius 1 is 1.14 bits per heavy atom. The molecule has 1 aliphatic heterocycles. The number of carbonyl (C=O) groups excluding carboxylic acids is 1. The third-order valence-corrected chi connectivity index (χ3v) is 10.0. The molecule has 1 aromatic carbocycles. The van der Waals surface area contributed by atoms with Gasteiger partial charge in [-0.1, -0.05) is 37.0 Å². The highest BCUT2D eigenvalue weighted by Gasteiger charge is 2.65. The van der Waals surface area contributed by atoms with E-state index in [1.165, 1.54) is 0 Å². The molecule has 8 heteroatoms. The van der Waals surface area contributed by atoms with Crippen molar-refractivity contribution in [3.8, 4) is 0 Å². The summed E-state index contributed by atoms with van der Waals surface area (Å²) in [5.41, 5.74) is -0.132. The second-order valence-electron chi connectivity index (χ2n) is 8.90. The second kappa shape index (κ2) is 6.86. The molecule has 1 saturated heterocycles. The van der Waals surface area contributed by atoms with Crippen LogP contribution in [0.4, 0.5) is 5.69 Å². The molecule has 0 radical (unpaired) electrons. The highest BCUT2D eigenvalue weighted by Crippen LogP contribution is 2.64. The molecular weight excluding hydrogens is 419 g/mol. The van der Waals surface area contributed by atoms with Crippen molar-refractivity contribution in [2.24, 2.45) is 16.7 Å². The van der Waals surface area contributed by atoms with E-state index in [0.717, 1.165) is 12.1 Å². The molecule has 154 valence electrons. The van der Waals surface area contributed by atoms with Crippen molar-refractivity contribution in [1.82, 2.24) is 4.31 Å². The number of anilines is 1. The number of ketones is 1. The summed E-state index contributed by atoms with van der Waals surface area (Å²) < 4.78 is 28.0. The molecule has 1 aromatic rings. The van der Waals surface area contributed by atoms with Gasteiger partial charge in [-0.2, -0.15) is 4.31 Å². The monoisotopic (exact) mass is 444 g/mol. The van der Waals surface area contributed by atoms with Gasteiger partial charge in [0, 0.05) is 43.0 Å². The first-order valence-electron chi connectivity index (χ1n) is 9.78. The van der Waals surface area contributed by atoms with E-state index in [4.69, 9.17) is 23.2 Å². The van der Waals surface area contributed by atoms with Gasteiger partial charge >= 0.3 is 0 Å². The van der Waals surface area contributed by atoms with Crippen LogP contribution in [0.1, 0.15) is 33.1 Å². The van der Waals surface area contributed by atoms with Crippen LogP contribution in [0, 0.1) is 16.7 Å². The lowest BCUT2D eigenvalue weighted by atomic mass is 9.70. The number of benzene rings is 1. The summed E-state index contributed by atoms with van der Waals surface area (Å²) >= 11 is 12.4. The van der Waals surface area contributed by atoms with Gasteiger partial charge < -0.3 is 4.90 Å². The Hall–Kier alpha value is -0.820. The number of piperazine rings is 1. The maximum Gasteiger partial charge on any atom is 0.215 e. The fourth-order valence-corrected chi connectivity index (χ4v) is 8.05. The fourth-order valence-electron chi connectivity index (χ4n) is 5.45. The first kappa shape index (κ1) is 20.5. The Bertz CT molecular complexity index is 910. The normalized spacial score (nSPS) is 30.2. The van der Waals surface area contributed by atoms with E-state index in [1.807, 2.05) is 6.07 Å². The van der Waals surface area contributed by atoms with E-state index < -0.39 is 15.4 Å². The van der Waals surface area contributed by atoms with Gasteiger partial charge in [0.1, 0.15) is 5.78 Å². The largest absolute Gasteiger partial charge is 0.368 e. The number of hydrogen-bond acceptors (Lipinski definition) is 4. The number of hydrogen-bond donors (Lipinski definition) is 0. The van der Waals surface area contributed by atoms with Gasteiger partial charge in [-0.05, 0) is 42.4 Å². The summed E-state index contributed by atoms with van der Waals surface area (Å²) in [6, 6.07) is 5.31. The molecule has 3 fully saturated rings. The van der Waals surface area contributed by atoms with Gasteiger partial charge in [0.15, 0.2) is 0 Å². The molecule has 0 N–H and O–H groups in total. The zero-order valence-electron chi connectivity index (χ0n) is 16.2. The van der Waals surface area contributed by atoms with Gasteiger partial charge in [-0.15, -0.1) is 0 Å². The summed E-state index contributed by atoms with van der Waals surface area (Å²) in [6.45, 7) is 6.02. The average Bonchev–Trinajstić information content (AvgIpc) is 2.98. The molecular formula is C20H26Cl2N2O3S. The van der Waals surface area contributed by atoms with Gasteiger partial charge in [0.05, 0.1) is 16.5 Å². The van der Waals surface area contributed by atoms with E-state index in [9.17, 15) is 13.2 Å². The quantitative estimate of drug-likeness (QED) is 0.707. The summed E-state index contributed by atoms with van der Waals surface area (Å²) in [5.74, 6) is 0.402. The molecule has 4 rings (SSSR count). The third-order valence-electron chi connectivity index (χ3n) is 7.45. The van der Waals surface area contributed by atoms with Gasteiger partial charge in [0.25, 0.3) is 0 Å². The van der Waals surface area contributed by atoms with Gasteiger partial charge in [-0.25, -0.2) is 8.42 Å². The predicted molar refractivity (Wildman–Crippen MR) is 113 cm³/mol. The van der Waals surface area contributed by atoms with Crippen molar-refractivity contribution in [1.29, 1.82) is 0 Å². The molecule has 28 heavy (non-hydrogen) atoms. The number of carbonyl (C=O) groups is 1. The van der Waals surface area contributed by atoms with Crippen molar-refractivity contribution in [3.63, 3.8) is 0 Å². The van der Waals surface area contributed by atoms with Crippen LogP contribution < -0.4 is 4.90 Å². The molecule has 2 saturated carbocycles. The predicted octanol–water partition coefficient (Wildman–Crippen LogP) is 3.84. The smallest absolute Gasteiger partial charge is 0.215 e. The van der Waals surface area contributed by atoms with Crippen LogP contribution in [0.15, 0.2) is 18.2 Å². The maximum atomic E-state index is 13.2. The molecule has 0 spiro atoms. The second-order valence-corrected chi connectivity index (χ2v) is 11.7. The topological polar surface area (TPSA) is 57.7 Å².